The van der Waals surface area contributed by atoms with Crippen molar-refractivity contribution in [3.05, 3.63) is 77.5 Å². The molecule has 0 amide bonds. The normalized spacial score (nSPS) is 10.9. The van der Waals surface area contributed by atoms with Crippen LogP contribution < -0.4 is 5.43 Å². The van der Waals surface area contributed by atoms with Gasteiger partial charge in [0.15, 0.2) is 11.6 Å². The quantitative estimate of drug-likeness (QED) is 0.558. The van der Waals surface area contributed by atoms with Crippen LogP contribution in [-0.2, 0) is 6.42 Å². The Morgan fingerprint density at radius 1 is 0.958 bits per heavy atom. The van der Waals surface area contributed by atoms with Crippen molar-refractivity contribution in [3.8, 4) is 11.4 Å². The Morgan fingerprint density at radius 3 is 2.29 bits per heavy atom. The Kier molecular flexibility index (Phi) is 4.96. The maximum Gasteiger partial charge on any atom is 0.161 e. The summed E-state index contributed by atoms with van der Waals surface area (Å²) in [5, 5.41) is 4.33. The van der Waals surface area contributed by atoms with Gasteiger partial charge in [0.2, 0.25) is 0 Å². The van der Waals surface area contributed by atoms with Crippen LogP contribution in [-0.4, -0.2) is 16.2 Å². The lowest BCUT2D eigenvalue weighted by molar-refractivity contribution is 0.995. The minimum Gasteiger partial charge on any atom is -0.261 e. The fourth-order valence-electron chi connectivity index (χ4n) is 2.54. The molecular weight excluding hydrogens is 296 g/mol. The molecule has 4 heteroatoms. The van der Waals surface area contributed by atoms with Gasteiger partial charge >= 0.3 is 0 Å². The SMILES string of the molecule is CCc1c(C)nc(-c2ccccc2)nc1N/N=C/c1ccccc1. The van der Waals surface area contributed by atoms with Crippen LogP contribution in [0.3, 0.4) is 0 Å². The molecule has 0 aliphatic carbocycles. The zero-order valence-electron chi connectivity index (χ0n) is 13.9. The molecule has 0 radical (unpaired) electrons. The van der Waals surface area contributed by atoms with Crippen LogP contribution in [0.15, 0.2) is 65.8 Å². The molecule has 0 unspecified atom stereocenters. The summed E-state index contributed by atoms with van der Waals surface area (Å²) in [6, 6.07) is 20.0. The van der Waals surface area contributed by atoms with Crippen LogP contribution in [0.4, 0.5) is 5.82 Å². The van der Waals surface area contributed by atoms with Crippen LogP contribution in [0.25, 0.3) is 11.4 Å². The Hall–Kier alpha value is -3.01. The molecule has 3 aromatic rings. The summed E-state index contributed by atoms with van der Waals surface area (Å²) in [7, 11) is 0. The third-order valence-electron chi connectivity index (χ3n) is 3.78. The molecule has 2 aromatic carbocycles. The highest BCUT2D eigenvalue weighted by Gasteiger charge is 2.11. The van der Waals surface area contributed by atoms with Gasteiger partial charge in [-0.1, -0.05) is 67.6 Å². The van der Waals surface area contributed by atoms with E-state index in [1.807, 2.05) is 67.6 Å². The Balaban J connectivity index is 1.91. The lowest BCUT2D eigenvalue weighted by atomic mass is 10.1. The number of rotatable bonds is 5. The van der Waals surface area contributed by atoms with Gasteiger partial charge in [0, 0.05) is 16.8 Å². The number of benzene rings is 2. The molecular formula is C20H20N4. The van der Waals surface area contributed by atoms with Crippen LogP contribution >= 0.6 is 0 Å². The smallest absolute Gasteiger partial charge is 0.161 e. The van der Waals surface area contributed by atoms with Gasteiger partial charge in [-0.3, -0.25) is 5.43 Å². The average molecular weight is 316 g/mol. The molecule has 0 aliphatic heterocycles. The van der Waals surface area contributed by atoms with Crippen molar-refractivity contribution < 1.29 is 0 Å². The number of nitrogens with zero attached hydrogens (tertiary/aromatic N) is 3. The minimum atomic E-state index is 0.711. The second kappa shape index (κ2) is 7.51. The lowest BCUT2D eigenvalue weighted by Crippen LogP contribution is -2.05. The van der Waals surface area contributed by atoms with Gasteiger partial charge in [0.1, 0.15) is 0 Å². The van der Waals surface area contributed by atoms with E-state index in [1.165, 1.54) is 0 Å². The predicted octanol–water partition coefficient (Wildman–Crippen LogP) is 4.46. The van der Waals surface area contributed by atoms with Gasteiger partial charge in [0.25, 0.3) is 0 Å². The molecule has 120 valence electrons. The molecule has 4 nitrogen and oxygen atoms in total. The number of anilines is 1. The molecule has 3 rings (SSSR count). The average Bonchev–Trinajstić information content (AvgIpc) is 2.63. The molecule has 1 heterocycles. The number of aryl methyl sites for hydroxylation is 1. The fourth-order valence-corrected chi connectivity index (χ4v) is 2.54. The second-order valence-corrected chi connectivity index (χ2v) is 5.46. The summed E-state index contributed by atoms with van der Waals surface area (Å²) in [6.45, 7) is 4.11. The predicted molar refractivity (Wildman–Crippen MR) is 99.2 cm³/mol. The molecule has 0 aliphatic rings. The van der Waals surface area contributed by atoms with Crippen molar-refractivity contribution in [2.24, 2.45) is 5.10 Å². The highest BCUT2D eigenvalue weighted by atomic mass is 15.3. The van der Waals surface area contributed by atoms with Crippen molar-refractivity contribution in [3.63, 3.8) is 0 Å². The number of aromatic nitrogens is 2. The number of nitrogens with one attached hydrogen (secondary N) is 1. The summed E-state index contributed by atoms with van der Waals surface area (Å²) in [5.74, 6) is 1.47. The summed E-state index contributed by atoms with van der Waals surface area (Å²) in [6.07, 6.45) is 2.64. The highest BCUT2D eigenvalue weighted by Crippen LogP contribution is 2.22. The first-order valence-corrected chi connectivity index (χ1v) is 8.05. The fraction of sp³-hybridized carbons (Fsp3) is 0.150. The van der Waals surface area contributed by atoms with Crippen molar-refractivity contribution >= 4 is 12.0 Å². The molecule has 0 saturated heterocycles. The third kappa shape index (κ3) is 3.66. The summed E-state index contributed by atoms with van der Waals surface area (Å²) < 4.78 is 0. The Labute approximate surface area is 142 Å². The molecule has 0 spiro atoms. The third-order valence-corrected chi connectivity index (χ3v) is 3.78. The molecule has 0 fully saturated rings. The maximum absolute atomic E-state index is 4.67. The molecule has 0 bridgehead atoms. The first-order valence-electron chi connectivity index (χ1n) is 8.05. The highest BCUT2D eigenvalue weighted by molar-refractivity contribution is 5.80. The van der Waals surface area contributed by atoms with E-state index in [0.29, 0.717) is 5.82 Å². The first-order chi connectivity index (χ1) is 11.8. The van der Waals surface area contributed by atoms with Crippen LogP contribution in [0.5, 0.6) is 0 Å². The van der Waals surface area contributed by atoms with Gasteiger partial charge in [-0.2, -0.15) is 5.10 Å². The van der Waals surface area contributed by atoms with E-state index in [0.717, 1.165) is 34.6 Å². The first kappa shape index (κ1) is 15.9. The van der Waals surface area contributed by atoms with Gasteiger partial charge in [-0.25, -0.2) is 9.97 Å². The van der Waals surface area contributed by atoms with Crippen LogP contribution in [0, 0.1) is 6.92 Å². The number of hydrogen-bond donors (Lipinski definition) is 1. The van der Waals surface area contributed by atoms with Gasteiger partial charge < -0.3 is 0 Å². The summed E-state index contributed by atoms with van der Waals surface area (Å²) >= 11 is 0. The van der Waals surface area contributed by atoms with E-state index >= 15 is 0 Å². The number of hydrogen-bond acceptors (Lipinski definition) is 4. The van der Waals surface area contributed by atoms with Crippen molar-refractivity contribution in [2.45, 2.75) is 20.3 Å². The van der Waals surface area contributed by atoms with Gasteiger partial charge in [-0.05, 0) is 18.9 Å². The molecule has 0 saturated carbocycles. The molecule has 1 aromatic heterocycles. The largest absolute Gasteiger partial charge is 0.261 e. The van der Waals surface area contributed by atoms with E-state index in [4.69, 9.17) is 0 Å². The standard InChI is InChI=1S/C20H20N4/c1-3-18-15(2)22-19(17-12-8-5-9-13-17)23-20(18)24-21-14-16-10-6-4-7-11-16/h4-14H,3H2,1-2H3,(H,22,23,24)/b21-14+. The summed E-state index contributed by atoms with van der Waals surface area (Å²) in [4.78, 5) is 9.31. The molecule has 0 atom stereocenters. The second-order valence-electron chi connectivity index (χ2n) is 5.46. The Bertz CT molecular complexity index is 827. The van der Waals surface area contributed by atoms with Crippen molar-refractivity contribution in [2.75, 3.05) is 5.43 Å². The van der Waals surface area contributed by atoms with Crippen LogP contribution in [0.1, 0.15) is 23.7 Å². The lowest BCUT2D eigenvalue weighted by Gasteiger charge is -2.11. The topological polar surface area (TPSA) is 50.2 Å². The molecule has 24 heavy (non-hydrogen) atoms. The zero-order valence-corrected chi connectivity index (χ0v) is 13.9. The Morgan fingerprint density at radius 2 is 1.62 bits per heavy atom. The van der Waals surface area contributed by atoms with E-state index in [2.05, 4.69) is 27.4 Å². The van der Waals surface area contributed by atoms with Gasteiger partial charge in [0.05, 0.1) is 6.21 Å². The summed E-state index contributed by atoms with van der Waals surface area (Å²) in [5.41, 5.74) is 7.18. The van der Waals surface area contributed by atoms with E-state index in [9.17, 15) is 0 Å². The van der Waals surface area contributed by atoms with E-state index < -0.39 is 0 Å². The number of hydrazone groups is 1. The van der Waals surface area contributed by atoms with Crippen molar-refractivity contribution in [1.29, 1.82) is 0 Å². The van der Waals surface area contributed by atoms with Crippen LogP contribution in [0.2, 0.25) is 0 Å². The monoisotopic (exact) mass is 316 g/mol. The zero-order chi connectivity index (χ0) is 16.8. The van der Waals surface area contributed by atoms with E-state index in [1.54, 1.807) is 6.21 Å². The maximum atomic E-state index is 4.67. The molecule has 1 N–H and O–H groups in total. The minimum absolute atomic E-state index is 0.711. The van der Waals surface area contributed by atoms with Crippen molar-refractivity contribution in [1.82, 2.24) is 9.97 Å². The van der Waals surface area contributed by atoms with Gasteiger partial charge in [-0.15, -0.1) is 0 Å². The van der Waals surface area contributed by atoms with E-state index in [-0.39, 0.29) is 0 Å².